The number of ether oxygens (including phenoxy) is 2. The molecule has 1 N–H and O–H groups in total. The second-order valence-electron chi connectivity index (χ2n) is 6.02. The third kappa shape index (κ3) is 8.91. The van der Waals surface area contributed by atoms with Gasteiger partial charge in [-0.15, -0.1) is 12.4 Å². The Bertz CT molecular complexity index is 608. The van der Waals surface area contributed by atoms with Crippen molar-refractivity contribution in [3.63, 3.8) is 0 Å². The molecule has 0 bridgehead atoms. The standard InChI is InChI=1S/C21H28ClNO2.ClH/c1-2-3-13-24-14-7-12-23-16-19-15-20(22)10-11-21(19)25-17-18-8-5-4-6-9-18;/h4-6,8-11,15,23H,2-3,7,12-14,16-17H2,1H3;1H. The van der Waals surface area contributed by atoms with E-state index in [1.54, 1.807) is 0 Å². The van der Waals surface area contributed by atoms with E-state index in [1.165, 1.54) is 6.42 Å². The van der Waals surface area contributed by atoms with Gasteiger partial charge in [0.2, 0.25) is 0 Å². The van der Waals surface area contributed by atoms with Crippen LogP contribution in [0.1, 0.15) is 37.3 Å². The first-order valence-corrected chi connectivity index (χ1v) is 9.41. The van der Waals surface area contributed by atoms with Crippen LogP contribution in [-0.4, -0.2) is 19.8 Å². The van der Waals surface area contributed by atoms with Crippen LogP contribution < -0.4 is 10.1 Å². The minimum Gasteiger partial charge on any atom is -0.489 e. The highest BCUT2D eigenvalue weighted by Gasteiger charge is 2.05. The van der Waals surface area contributed by atoms with E-state index in [2.05, 4.69) is 24.4 Å². The molecule has 0 aromatic heterocycles. The van der Waals surface area contributed by atoms with Crippen LogP contribution in [-0.2, 0) is 17.9 Å². The molecule has 3 nitrogen and oxygen atoms in total. The van der Waals surface area contributed by atoms with Gasteiger partial charge in [0, 0.05) is 30.3 Å². The van der Waals surface area contributed by atoms with Gasteiger partial charge in [-0.05, 0) is 43.1 Å². The predicted molar refractivity (Wildman–Crippen MR) is 112 cm³/mol. The Labute approximate surface area is 168 Å². The van der Waals surface area contributed by atoms with Crippen LogP contribution >= 0.6 is 24.0 Å². The smallest absolute Gasteiger partial charge is 0.124 e. The first-order valence-electron chi connectivity index (χ1n) is 9.03. The molecule has 5 heteroatoms. The van der Waals surface area contributed by atoms with Gasteiger partial charge in [0.25, 0.3) is 0 Å². The molecule has 0 fully saturated rings. The summed E-state index contributed by atoms with van der Waals surface area (Å²) in [6.45, 7) is 6.05. The van der Waals surface area contributed by atoms with Crippen molar-refractivity contribution >= 4 is 24.0 Å². The van der Waals surface area contributed by atoms with Crippen LogP contribution in [0.4, 0.5) is 0 Å². The normalized spacial score (nSPS) is 10.4. The van der Waals surface area contributed by atoms with Crippen LogP contribution in [0.2, 0.25) is 5.02 Å². The molecule has 2 aromatic rings. The largest absolute Gasteiger partial charge is 0.489 e. The molecule has 0 aliphatic rings. The lowest BCUT2D eigenvalue weighted by Crippen LogP contribution is -2.17. The lowest BCUT2D eigenvalue weighted by atomic mass is 10.2. The van der Waals surface area contributed by atoms with E-state index >= 15 is 0 Å². The SMILES string of the molecule is CCCCOCCCNCc1cc(Cl)ccc1OCc1ccccc1.Cl. The molecule has 2 rings (SSSR count). The maximum absolute atomic E-state index is 6.14. The third-order valence-electron chi connectivity index (χ3n) is 3.86. The van der Waals surface area contributed by atoms with E-state index < -0.39 is 0 Å². The van der Waals surface area contributed by atoms with Crippen LogP contribution in [0.15, 0.2) is 48.5 Å². The monoisotopic (exact) mass is 397 g/mol. The Morgan fingerprint density at radius 3 is 2.54 bits per heavy atom. The summed E-state index contributed by atoms with van der Waals surface area (Å²) < 4.78 is 11.5. The number of benzene rings is 2. The van der Waals surface area contributed by atoms with Gasteiger partial charge >= 0.3 is 0 Å². The molecule has 26 heavy (non-hydrogen) atoms. The summed E-state index contributed by atoms with van der Waals surface area (Å²) in [6, 6.07) is 15.9. The number of hydrogen-bond donors (Lipinski definition) is 1. The molecule has 0 atom stereocenters. The van der Waals surface area contributed by atoms with Crippen LogP contribution in [0.5, 0.6) is 5.75 Å². The van der Waals surface area contributed by atoms with Crippen molar-refractivity contribution in [3.8, 4) is 5.75 Å². The number of rotatable bonds is 12. The van der Waals surface area contributed by atoms with E-state index in [9.17, 15) is 0 Å². The van der Waals surface area contributed by atoms with E-state index in [-0.39, 0.29) is 12.4 Å². The summed E-state index contributed by atoms with van der Waals surface area (Å²) in [7, 11) is 0. The topological polar surface area (TPSA) is 30.5 Å². The number of halogens is 2. The molecule has 0 saturated carbocycles. The molecule has 0 unspecified atom stereocenters. The third-order valence-corrected chi connectivity index (χ3v) is 4.09. The minimum atomic E-state index is 0. The second-order valence-corrected chi connectivity index (χ2v) is 6.46. The van der Waals surface area contributed by atoms with Gasteiger partial charge in [0.05, 0.1) is 0 Å². The van der Waals surface area contributed by atoms with Crippen molar-refractivity contribution in [2.24, 2.45) is 0 Å². The van der Waals surface area contributed by atoms with Gasteiger partial charge in [-0.25, -0.2) is 0 Å². The van der Waals surface area contributed by atoms with Crippen molar-refractivity contribution < 1.29 is 9.47 Å². The molecule has 0 amide bonds. The van der Waals surface area contributed by atoms with E-state index in [0.717, 1.165) is 61.0 Å². The predicted octanol–water partition coefficient (Wildman–Crippen LogP) is 5.64. The fourth-order valence-electron chi connectivity index (χ4n) is 2.43. The molecule has 0 spiro atoms. The zero-order valence-corrected chi connectivity index (χ0v) is 17.0. The van der Waals surface area contributed by atoms with Crippen molar-refractivity contribution in [1.29, 1.82) is 0 Å². The molecular formula is C21H29Cl2NO2. The van der Waals surface area contributed by atoms with Crippen molar-refractivity contribution in [1.82, 2.24) is 5.32 Å². The Hall–Kier alpha value is -1.26. The highest BCUT2D eigenvalue weighted by atomic mass is 35.5. The van der Waals surface area contributed by atoms with E-state index in [1.807, 2.05) is 36.4 Å². The maximum atomic E-state index is 6.14. The first-order chi connectivity index (χ1) is 12.3. The van der Waals surface area contributed by atoms with Crippen LogP contribution in [0, 0.1) is 0 Å². The summed E-state index contributed by atoms with van der Waals surface area (Å²) in [5.74, 6) is 0.875. The number of hydrogen-bond acceptors (Lipinski definition) is 3. The van der Waals surface area contributed by atoms with Gasteiger partial charge in [-0.2, -0.15) is 0 Å². The quantitative estimate of drug-likeness (QED) is 0.470. The summed E-state index contributed by atoms with van der Waals surface area (Å²) in [4.78, 5) is 0. The molecule has 0 radical (unpaired) electrons. The van der Waals surface area contributed by atoms with Gasteiger partial charge in [-0.3, -0.25) is 0 Å². The fraction of sp³-hybridized carbons (Fsp3) is 0.429. The highest BCUT2D eigenvalue weighted by molar-refractivity contribution is 6.30. The molecular weight excluding hydrogens is 369 g/mol. The fourth-order valence-corrected chi connectivity index (χ4v) is 2.63. The molecule has 0 heterocycles. The number of unbranched alkanes of at least 4 members (excludes halogenated alkanes) is 1. The summed E-state index contributed by atoms with van der Waals surface area (Å²) in [5, 5.41) is 4.17. The highest BCUT2D eigenvalue weighted by Crippen LogP contribution is 2.23. The average Bonchev–Trinajstić information content (AvgIpc) is 2.64. The summed E-state index contributed by atoms with van der Waals surface area (Å²) >= 11 is 6.14. The van der Waals surface area contributed by atoms with E-state index in [4.69, 9.17) is 21.1 Å². The molecule has 0 saturated heterocycles. The molecule has 2 aromatic carbocycles. The Balaban J connectivity index is 0.00000338. The van der Waals surface area contributed by atoms with E-state index in [0.29, 0.717) is 6.61 Å². The average molecular weight is 398 g/mol. The number of nitrogens with one attached hydrogen (secondary N) is 1. The van der Waals surface area contributed by atoms with Gasteiger partial charge < -0.3 is 14.8 Å². The van der Waals surface area contributed by atoms with Crippen molar-refractivity contribution in [3.05, 3.63) is 64.7 Å². The maximum Gasteiger partial charge on any atom is 0.124 e. The Kier molecular flexibility index (Phi) is 12.2. The first kappa shape index (κ1) is 22.8. The van der Waals surface area contributed by atoms with Gasteiger partial charge in [0.1, 0.15) is 12.4 Å². The lowest BCUT2D eigenvalue weighted by molar-refractivity contribution is 0.128. The molecule has 0 aliphatic carbocycles. The summed E-state index contributed by atoms with van der Waals surface area (Å²) in [5.41, 5.74) is 2.23. The zero-order chi connectivity index (χ0) is 17.7. The van der Waals surface area contributed by atoms with Gasteiger partial charge in [0.15, 0.2) is 0 Å². The van der Waals surface area contributed by atoms with Crippen LogP contribution in [0.3, 0.4) is 0 Å². The lowest BCUT2D eigenvalue weighted by Gasteiger charge is -2.13. The van der Waals surface area contributed by atoms with Gasteiger partial charge in [-0.1, -0.05) is 55.3 Å². The Morgan fingerprint density at radius 1 is 1.00 bits per heavy atom. The molecule has 144 valence electrons. The van der Waals surface area contributed by atoms with Crippen molar-refractivity contribution in [2.45, 2.75) is 39.3 Å². The Morgan fingerprint density at radius 2 is 1.77 bits per heavy atom. The zero-order valence-electron chi connectivity index (χ0n) is 15.4. The minimum absolute atomic E-state index is 0. The second kappa shape index (κ2) is 13.9. The summed E-state index contributed by atoms with van der Waals surface area (Å²) in [6.07, 6.45) is 3.32. The van der Waals surface area contributed by atoms with Crippen molar-refractivity contribution in [2.75, 3.05) is 19.8 Å². The molecule has 0 aliphatic heterocycles. The van der Waals surface area contributed by atoms with Crippen LogP contribution in [0.25, 0.3) is 0 Å².